The van der Waals surface area contributed by atoms with E-state index in [1.165, 1.54) is 0 Å². The molecule has 0 heterocycles. The molecule has 0 saturated carbocycles. The Hall–Kier alpha value is -1.23. The Labute approximate surface area is 188 Å². The summed E-state index contributed by atoms with van der Waals surface area (Å²) in [6.07, 6.45) is 0.354. The lowest BCUT2D eigenvalue weighted by Crippen LogP contribution is -2.33. The fourth-order valence-corrected chi connectivity index (χ4v) is 2.84. The van der Waals surface area contributed by atoms with Crippen molar-refractivity contribution in [2.24, 2.45) is 0 Å². The maximum atomic E-state index is 11.4. The minimum atomic E-state index is -0.457. The third-order valence-corrected chi connectivity index (χ3v) is 4.20. The quantitative estimate of drug-likeness (QED) is 0.349. The average Bonchev–Trinajstić information content (AvgIpc) is 2.53. The van der Waals surface area contributed by atoms with E-state index in [1.807, 2.05) is 57.2 Å². The van der Waals surface area contributed by atoms with Gasteiger partial charge in [0, 0.05) is 13.7 Å². The van der Waals surface area contributed by atoms with Gasteiger partial charge in [-0.3, -0.25) is 0 Å². The molecule has 2 N–H and O–H groups in total. The molecule has 7 heteroatoms. The Kier molecular flexibility index (Phi) is 10.8. The lowest BCUT2D eigenvalue weighted by molar-refractivity contribution is 0.0525. The number of amides is 1. The molecule has 0 spiro atoms. The van der Waals surface area contributed by atoms with E-state index in [4.69, 9.17) is 14.6 Å². The number of ether oxygens (including phenoxy) is 2. The highest BCUT2D eigenvalue weighted by Crippen LogP contribution is 2.15. The van der Waals surface area contributed by atoms with E-state index in [-0.39, 0.29) is 6.09 Å². The van der Waals surface area contributed by atoms with Crippen molar-refractivity contribution in [3.05, 3.63) is 55.7 Å². The van der Waals surface area contributed by atoms with Crippen molar-refractivity contribution >= 4 is 51.3 Å². The van der Waals surface area contributed by atoms with E-state index >= 15 is 0 Å². The Morgan fingerprint density at radius 2 is 1.70 bits per heavy atom. The Morgan fingerprint density at radius 1 is 1.07 bits per heavy atom. The molecule has 1 amide bonds. The Morgan fingerprint density at radius 3 is 2.22 bits per heavy atom. The van der Waals surface area contributed by atoms with Crippen LogP contribution < -0.4 is 10.1 Å². The highest BCUT2D eigenvalue weighted by molar-refractivity contribution is 14.1. The van der Waals surface area contributed by atoms with Gasteiger partial charge in [-0.2, -0.15) is 0 Å². The van der Waals surface area contributed by atoms with E-state index in [2.05, 4.69) is 50.5 Å². The molecule has 0 fully saturated rings. The van der Waals surface area contributed by atoms with Gasteiger partial charge in [0.2, 0.25) is 0 Å². The number of halogens is 2. The zero-order valence-corrected chi connectivity index (χ0v) is 20.0. The molecule has 0 aromatic heterocycles. The number of aromatic hydroxyl groups is 1. The second-order valence-corrected chi connectivity index (χ2v) is 9.06. The first-order chi connectivity index (χ1) is 12.7. The van der Waals surface area contributed by atoms with Crippen LogP contribution >= 0.6 is 45.2 Å². The Balaban J connectivity index is 0.000000377. The number of carbonyl (C=O) groups is 1. The van der Waals surface area contributed by atoms with Crippen molar-refractivity contribution in [3.8, 4) is 11.5 Å². The van der Waals surface area contributed by atoms with E-state index < -0.39 is 5.60 Å². The standard InChI is InChI=1S/C14H20INO3.C6H5IO/c1-14(2,3)19-13(17)16-8-5-9-18-12-7-4-6-11(15)10-12;7-5-2-1-3-6(8)4-5/h4,6-7,10H,5,8-9H2,1-3H3,(H,16,17);1-4,8H. The van der Waals surface area contributed by atoms with Gasteiger partial charge >= 0.3 is 6.09 Å². The molecule has 0 aliphatic heterocycles. The van der Waals surface area contributed by atoms with Crippen LogP contribution in [0.4, 0.5) is 4.79 Å². The van der Waals surface area contributed by atoms with Crippen LogP contribution in [0.2, 0.25) is 0 Å². The first-order valence-electron chi connectivity index (χ1n) is 8.45. The highest BCUT2D eigenvalue weighted by atomic mass is 127. The summed E-state index contributed by atoms with van der Waals surface area (Å²) in [7, 11) is 0. The van der Waals surface area contributed by atoms with Crippen molar-refractivity contribution in [3.63, 3.8) is 0 Å². The van der Waals surface area contributed by atoms with Crippen LogP contribution in [0.25, 0.3) is 0 Å². The molecule has 148 valence electrons. The summed E-state index contributed by atoms with van der Waals surface area (Å²) in [5.41, 5.74) is -0.457. The predicted octanol–water partition coefficient (Wildman–Crippen LogP) is 5.58. The number of carbonyl (C=O) groups excluding carboxylic acids is 1. The van der Waals surface area contributed by atoms with Gasteiger partial charge in [0.15, 0.2) is 0 Å². The molecular formula is C20H25I2NO4. The van der Waals surface area contributed by atoms with Crippen LogP contribution in [-0.2, 0) is 4.74 Å². The van der Waals surface area contributed by atoms with E-state index in [0.29, 0.717) is 18.9 Å². The van der Waals surface area contributed by atoms with Crippen LogP contribution in [0.3, 0.4) is 0 Å². The Bertz CT molecular complexity index is 700. The van der Waals surface area contributed by atoms with Gasteiger partial charge in [-0.05, 0) is 109 Å². The van der Waals surface area contributed by atoms with Crippen LogP contribution in [0.1, 0.15) is 27.2 Å². The third-order valence-electron chi connectivity index (χ3n) is 2.86. The number of benzene rings is 2. The molecular weight excluding hydrogens is 572 g/mol. The van der Waals surface area contributed by atoms with E-state index in [9.17, 15) is 4.79 Å². The fraction of sp³-hybridized carbons (Fsp3) is 0.350. The number of nitrogens with one attached hydrogen (secondary N) is 1. The van der Waals surface area contributed by atoms with Crippen molar-refractivity contribution in [2.75, 3.05) is 13.2 Å². The van der Waals surface area contributed by atoms with Gasteiger partial charge in [-0.1, -0.05) is 12.1 Å². The molecule has 0 atom stereocenters. The predicted molar refractivity (Wildman–Crippen MR) is 124 cm³/mol. The fourth-order valence-electron chi connectivity index (χ4n) is 1.80. The summed E-state index contributed by atoms with van der Waals surface area (Å²) in [6, 6.07) is 15.0. The molecule has 0 bridgehead atoms. The second-order valence-electron chi connectivity index (χ2n) is 6.57. The maximum Gasteiger partial charge on any atom is 0.407 e. The van der Waals surface area contributed by atoms with Gasteiger partial charge in [0.1, 0.15) is 17.1 Å². The maximum absolute atomic E-state index is 11.4. The molecule has 0 radical (unpaired) electrons. The van der Waals surface area contributed by atoms with Crippen molar-refractivity contribution in [1.82, 2.24) is 5.32 Å². The monoisotopic (exact) mass is 597 g/mol. The first kappa shape index (κ1) is 23.8. The second kappa shape index (κ2) is 12.3. The van der Waals surface area contributed by atoms with Crippen molar-refractivity contribution in [1.29, 1.82) is 0 Å². The van der Waals surface area contributed by atoms with Crippen LogP contribution in [0, 0.1) is 7.14 Å². The molecule has 0 unspecified atom stereocenters. The molecule has 0 aliphatic carbocycles. The summed E-state index contributed by atoms with van der Waals surface area (Å²) >= 11 is 4.39. The lowest BCUT2D eigenvalue weighted by atomic mass is 10.2. The highest BCUT2D eigenvalue weighted by Gasteiger charge is 2.15. The number of phenols is 1. The molecule has 27 heavy (non-hydrogen) atoms. The number of phenolic OH excluding ortho intramolecular Hbond substituents is 1. The van der Waals surface area contributed by atoms with Crippen molar-refractivity contribution in [2.45, 2.75) is 32.8 Å². The smallest absolute Gasteiger partial charge is 0.407 e. The van der Waals surface area contributed by atoms with Gasteiger partial charge in [-0.25, -0.2) is 4.79 Å². The van der Waals surface area contributed by atoms with Gasteiger partial charge in [0.25, 0.3) is 0 Å². The molecule has 2 aromatic carbocycles. The molecule has 2 aromatic rings. The number of hydrogen-bond acceptors (Lipinski definition) is 4. The summed E-state index contributed by atoms with van der Waals surface area (Å²) in [5.74, 6) is 1.18. The van der Waals surface area contributed by atoms with E-state index in [1.54, 1.807) is 12.1 Å². The zero-order chi connectivity index (χ0) is 20.3. The van der Waals surface area contributed by atoms with E-state index in [0.717, 1.165) is 19.3 Å². The number of rotatable bonds is 5. The molecule has 2 rings (SSSR count). The molecule has 0 saturated heterocycles. The topological polar surface area (TPSA) is 67.8 Å². The average molecular weight is 597 g/mol. The van der Waals surface area contributed by atoms with Gasteiger partial charge < -0.3 is 19.9 Å². The minimum Gasteiger partial charge on any atom is -0.508 e. The van der Waals surface area contributed by atoms with Crippen LogP contribution in [0.5, 0.6) is 11.5 Å². The zero-order valence-electron chi connectivity index (χ0n) is 15.7. The largest absolute Gasteiger partial charge is 0.508 e. The van der Waals surface area contributed by atoms with Gasteiger partial charge in [-0.15, -0.1) is 0 Å². The van der Waals surface area contributed by atoms with Crippen LogP contribution in [0.15, 0.2) is 48.5 Å². The summed E-state index contributed by atoms with van der Waals surface area (Å²) < 4.78 is 12.9. The number of hydrogen-bond donors (Lipinski definition) is 2. The normalized spacial score (nSPS) is 10.4. The molecule has 0 aliphatic rings. The minimum absolute atomic E-state index is 0.330. The third kappa shape index (κ3) is 12.7. The summed E-state index contributed by atoms with van der Waals surface area (Å²) in [6.45, 7) is 6.63. The first-order valence-corrected chi connectivity index (χ1v) is 10.6. The lowest BCUT2D eigenvalue weighted by Gasteiger charge is -2.19. The molecule has 5 nitrogen and oxygen atoms in total. The van der Waals surface area contributed by atoms with Crippen LogP contribution in [-0.4, -0.2) is 30.0 Å². The SMILES string of the molecule is CC(C)(C)OC(=O)NCCCOc1cccc(I)c1.Oc1cccc(I)c1. The summed E-state index contributed by atoms with van der Waals surface area (Å²) in [5, 5.41) is 11.5. The number of alkyl carbamates (subject to hydrolysis) is 1. The summed E-state index contributed by atoms with van der Waals surface area (Å²) in [4.78, 5) is 11.4. The van der Waals surface area contributed by atoms with Gasteiger partial charge in [0.05, 0.1) is 6.61 Å². The van der Waals surface area contributed by atoms with Crippen molar-refractivity contribution < 1.29 is 19.4 Å².